The molecule has 0 aromatic carbocycles. The number of amides is 1. The maximum Gasteiger partial charge on any atom is 0.263 e. The summed E-state index contributed by atoms with van der Waals surface area (Å²) in [7, 11) is 0. The molecule has 4 saturated carbocycles. The summed E-state index contributed by atoms with van der Waals surface area (Å²) in [5, 5.41) is 0. The van der Waals surface area contributed by atoms with Crippen LogP contribution in [0.4, 0.5) is 0 Å². The molecule has 1 saturated heterocycles. The monoisotopic (exact) mass is 428 g/mol. The van der Waals surface area contributed by atoms with E-state index in [1.54, 1.807) is 4.90 Å². The topological polar surface area (TPSA) is 92.1 Å². The third kappa shape index (κ3) is 3.59. The number of hydrogen-bond donors (Lipinski definition) is 2. The Morgan fingerprint density at radius 2 is 1.75 bits per heavy atom. The molecule has 5 fully saturated rings. The van der Waals surface area contributed by atoms with Gasteiger partial charge in [0.25, 0.3) is 11.5 Å². The molecular formula is C20H30Cl2N4O2. The molecule has 3 N–H and O–H groups in total. The summed E-state index contributed by atoms with van der Waals surface area (Å²) in [6.07, 6.45) is 10.9. The Kier molecular flexibility index (Phi) is 6.14. The van der Waals surface area contributed by atoms with Gasteiger partial charge in [-0.2, -0.15) is 0 Å². The lowest BCUT2D eigenvalue weighted by atomic mass is 9.49. The highest BCUT2D eigenvalue weighted by Crippen LogP contribution is 2.59. The standard InChI is InChI=1S/C20H28N4O2.2ClH/c21-15-2-1-3-24(11-15)18(26)16-10-22-19(23-17(16)25)20-7-12-4-13(8-20)6-14(5-12)9-20;;/h10,12-15H,1-9,11,21H2,(H,22,23,25);2*1H/t12?,13?,14?,15-,20?;;/m0../s1. The first-order valence-corrected chi connectivity index (χ1v) is 10.2. The van der Waals surface area contributed by atoms with E-state index >= 15 is 0 Å². The Bertz CT molecular complexity index is 761. The highest BCUT2D eigenvalue weighted by Gasteiger charge is 2.53. The molecular weight excluding hydrogens is 399 g/mol. The van der Waals surface area contributed by atoms with Crippen molar-refractivity contribution < 1.29 is 4.79 Å². The zero-order chi connectivity index (χ0) is 17.9. The van der Waals surface area contributed by atoms with E-state index in [-0.39, 0.29) is 53.3 Å². The summed E-state index contributed by atoms with van der Waals surface area (Å²) < 4.78 is 0. The van der Waals surface area contributed by atoms with Gasteiger partial charge in [0, 0.05) is 30.7 Å². The SMILES string of the molecule is Cl.Cl.N[C@H]1CCCN(C(=O)c2cnc(C34CC5CC(CC(C5)C3)C4)[nH]c2=O)C1. The smallest absolute Gasteiger partial charge is 0.263 e. The van der Waals surface area contributed by atoms with Crippen molar-refractivity contribution in [2.24, 2.45) is 23.5 Å². The van der Waals surface area contributed by atoms with Crippen molar-refractivity contribution >= 4 is 30.7 Å². The molecule has 2 heterocycles. The van der Waals surface area contributed by atoms with E-state index in [1.165, 1.54) is 25.5 Å². The molecule has 156 valence electrons. The summed E-state index contributed by atoms with van der Waals surface area (Å²) in [6.45, 7) is 1.19. The van der Waals surface area contributed by atoms with Gasteiger partial charge in [-0.1, -0.05) is 0 Å². The van der Waals surface area contributed by atoms with Gasteiger partial charge in [-0.05, 0) is 69.1 Å². The number of carbonyl (C=O) groups is 1. The molecule has 1 atom stereocenters. The van der Waals surface area contributed by atoms with Gasteiger partial charge in [-0.15, -0.1) is 24.8 Å². The summed E-state index contributed by atoms with van der Waals surface area (Å²) in [5.74, 6) is 2.98. The largest absolute Gasteiger partial charge is 0.337 e. The van der Waals surface area contributed by atoms with Crippen LogP contribution in [0.2, 0.25) is 0 Å². The Morgan fingerprint density at radius 1 is 1.14 bits per heavy atom. The van der Waals surface area contributed by atoms with Crippen molar-refractivity contribution in [3.05, 3.63) is 27.9 Å². The molecule has 5 aliphatic rings. The van der Waals surface area contributed by atoms with Crippen LogP contribution in [0.25, 0.3) is 0 Å². The first-order chi connectivity index (χ1) is 12.5. The molecule has 8 heteroatoms. The van der Waals surface area contributed by atoms with Crippen molar-refractivity contribution in [1.82, 2.24) is 14.9 Å². The minimum absolute atomic E-state index is 0. The lowest BCUT2D eigenvalue weighted by molar-refractivity contribution is -0.00955. The van der Waals surface area contributed by atoms with Crippen LogP contribution in [0.15, 0.2) is 11.0 Å². The normalized spacial score (nSPS) is 35.8. The molecule has 1 aliphatic heterocycles. The second kappa shape index (κ2) is 7.96. The maximum absolute atomic E-state index is 12.7. The molecule has 6 nitrogen and oxygen atoms in total. The van der Waals surface area contributed by atoms with E-state index in [0.29, 0.717) is 13.1 Å². The molecule has 6 rings (SSSR count). The van der Waals surface area contributed by atoms with Crippen LogP contribution < -0.4 is 11.3 Å². The fourth-order valence-corrected chi connectivity index (χ4v) is 6.58. The summed E-state index contributed by atoms with van der Waals surface area (Å²) in [5.41, 5.74) is 5.90. The molecule has 4 aliphatic carbocycles. The third-order valence-electron chi connectivity index (χ3n) is 7.32. The van der Waals surface area contributed by atoms with E-state index in [1.807, 2.05) is 0 Å². The van der Waals surface area contributed by atoms with Gasteiger partial charge >= 0.3 is 0 Å². The summed E-state index contributed by atoms with van der Waals surface area (Å²) in [4.78, 5) is 34.8. The fraction of sp³-hybridized carbons (Fsp3) is 0.750. The minimum atomic E-state index is -0.283. The molecule has 0 spiro atoms. The van der Waals surface area contributed by atoms with Crippen LogP contribution in [0.1, 0.15) is 67.5 Å². The number of aromatic amines is 1. The van der Waals surface area contributed by atoms with E-state index in [4.69, 9.17) is 5.73 Å². The first-order valence-electron chi connectivity index (χ1n) is 10.2. The zero-order valence-corrected chi connectivity index (χ0v) is 17.7. The second-order valence-electron chi connectivity index (χ2n) is 9.33. The van der Waals surface area contributed by atoms with Crippen LogP contribution in [0.3, 0.4) is 0 Å². The lowest BCUT2D eigenvalue weighted by Crippen LogP contribution is -2.50. The number of rotatable bonds is 2. The number of carbonyl (C=O) groups excluding carboxylic acids is 1. The quantitative estimate of drug-likeness (QED) is 0.756. The zero-order valence-electron chi connectivity index (χ0n) is 16.1. The molecule has 4 bridgehead atoms. The Hall–Kier alpha value is -1.11. The summed E-state index contributed by atoms with van der Waals surface area (Å²) in [6, 6.07) is 0.00559. The van der Waals surface area contributed by atoms with Crippen molar-refractivity contribution in [3.63, 3.8) is 0 Å². The maximum atomic E-state index is 12.7. The van der Waals surface area contributed by atoms with Crippen molar-refractivity contribution in [2.75, 3.05) is 13.1 Å². The van der Waals surface area contributed by atoms with Crippen molar-refractivity contribution in [1.29, 1.82) is 0 Å². The molecule has 1 aromatic rings. The number of nitrogens with two attached hydrogens (primary N) is 1. The lowest BCUT2D eigenvalue weighted by Gasteiger charge is -2.56. The van der Waals surface area contributed by atoms with Gasteiger partial charge in [0.05, 0.1) is 0 Å². The van der Waals surface area contributed by atoms with Crippen LogP contribution in [-0.4, -0.2) is 39.9 Å². The Labute approximate surface area is 177 Å². The average Bonchev–Trinajstić information content (AvgIpc) is 2.60. The Morgan fingerprint density at radius 3 is 2.29 bits per heavy atom. The van der Waals surface area contributed by atoms with Gasteiger partial charge in [-0.3, -0.25) is 9.59 Å². The first kappa shape index (κ1) is 21.6. The molecule has 1 amide bonds. The average molecular weight is 429 g/mol. The Balaban J connectivity index is 0.00000112. The highest BCUT2D eigenvalue weighted by atomic mass is 35.5. The van der Waals surface area contributed by atoms with Gasteiger partial charge in [0.15, 0.2) is 0 Å². The molecule has 0 radical (unpaired) electrons. The number of hydrogen-bond acceptors (Lipinski definition) is 4. The number of H-pyrrole nitrogens is 1. The number of likely N-dealkylation sites (tertiary alicyclic amines) is 1. The van der Waals surface area contributed by atoms with Crippen molar-refractivity contribution in [2.45, 2.75) is 62.8 Å². The van der Waals surface area contributed by atoms with E-state index in [2.05, 4.69) is 9.97 Å². The fourth-order valence-electron chi connectivity index (χ4n) is 6.58. The predicted molar refractivity (Wildman–Crippen MR) is 112 cm³/mol. The van der Waals surface area contributed by atoms with Gasteiger partial charge in [0.2, 0.25) is 0 Å². The number of nitrogens with zero attached hydrogens (tertiary/aromatic N) is 2. The number of nitrogens with one attached hydrogen (secondary N) is 1. The highest BCUT2D eigenvalue weighted by molar-refractivity contribution is 5.93. The predicted octanol–water partition coefficient (Wildman–Crippen LogP) is 2.64. The van der Waals surface area contributed by atoms with E-state index < -0.39 is 0 Å². The van der Waals surface area contributed by atoms with Crippen LogP contribution in [0, 0.1) is 17.8 Å². The van der Waals surface area contributed by atoms with Crippen LogP contribution in [-0.2, 0) is 5.41 Å². The van der Waals surface area contributed by atoms with Gasteiger partial charge in [-0.25, -0.2) is 4.98 Å². The number of piperidine rings is 1. The molecule has 28 heavy (non-hydrogen) atoms. The van der Waals surface area contributed by atoms with E-state index in [9.17, 15) is 9.59 Å². The second-order valence-corrected chi connectivity index (χ2v) is 9.33. The van der Waals surface area contributed by atoms with E-state index in [0.717, 1.165) is 55.7 Å². The number of halogens is 2. The summed E-state index contributed by atoms with van der Waals surface area (Å²) >= 11 is 0. The van der Waals surface area contributed by atoms with Crippen molar-refractivity contribution in [3.8, 4) is 0 Å². The van der Waals surface area contributed by atoms with Crippen LogP contribution in [0.5, 0.6) is 0 Å². The number of aromatic nitrogens is 2. The molecule has 0 unspecified atom stereocenters. The van der Waals surface area contributed by atoms with Gasteiger partial charge < -0.3 is 15.6 Å². The molecule has 1 aromatic heterocycles. The van der Waals surface area contributed by atoms with Crippen LogP contribution >= 0.6 is 24.8 Å². The van der Waals surface area contributed by atoms with Gasteiger partial charge in [0.1, 0.15) is 11.4 Å². The third-order valence-corrected chi connectivity index (χ3v) is 7.32. The minimum Gasteiger partial charge on any atom is -0.337 e.